The Hall–Kier alpha value is -4.02. The van der Waals surface area contributed by atoms with Gasteiger partial charge in [-0.1, -0.05) is 6.07 Å². The summed E-state index contributed by atoms with van der Waals surface area (Å²) in [5.74, 6) is 0.291. The van der Waals surface area contributed by atoms with E-state index in [1.807, 2.05) is 0 Å². The number of hydrogen-bond acceptors (Lipinski definition) is 7. The Morgan fingerprint density at radius 2 is 1.77 bits per heavy atom. The lowest BCUT2D eigenvalue weighted by molar-refractivity contribution is -0.137. The largest absolute Gasteiger partial charge is 0.497 e. The molecular formula is C19H17F3N6O2. The third-order valence-electron chi connectivity index (χ3n) is 3.98. The van der Waals surface area contributed by atoms with Crippen LogP contribution in [0.4, 0.5) is 36.2 Å². The molecule has 156 valence electrons. The maximum absolute atomic E-state index is 12.9. The smallest absolute Gasteiger partial charge is 0.416 e. The number of hydrazine groups is 1. The summed E-state index contributed by atoms with van der Waals surface area (Å²) in [5.41, 5.74) is 10.7. The van der Waals surface area contributed by atoms with Crippen LogP contribution in [0.5, 0.6) is 5.75 Å². The van der Waals surface area contributed by atoms with Crippen LogP contribution in [0.1, 0.15) is 15.9 Å². The second-order valence-electron chi connectivity index (χ2n) is 6.00. The number of nitrogen functional groups attached to an aromatic ring is 1. The van der Waals surface area contributed by atoms with Gasteiger partial charge in [0.1, 0.15) is 17.8 Å². The number of benzene rings is 2. The Bertz CT molecular complexity index is 1040. The van der Waals surface area contributed by atoms with Gasteiger partial charge in [-0.3, -0.25) is 15.6 Å². The molecule has 0 aliphatic carbocycles. The van der Waals surface area contributed by atoms with Gasteiger partial charge in [0.25, 0.3) is 5.91 Å². The van der Waals surface area contributed by atoms with E-state index in [1.165, 1.54) is 19.2 Å². The Labute approximate surface area is 169 Å². The molecule has 8 nitrogen and oxygen atoms in total. The van der Waals surface area contributed by atoms with Crippen LogP contribution in [0.3, 0.4) is 0 Å². The van der Waals surface area contributed by atoms with Gasteiger partial charge in [0, 0.05) is 11.3 Å². The van der Waals surface area contributed by atoms with Crippen molar-refractivity contribution in [2.45, 2.75) is 6.18 Å². The third kappa shape index (κ3) is 4.87. The highest BCUT2D eigenvalue weighted by atomic mass is 19.4. The van der Waals surface area contributed by atoms with Crippen molar-refractivity contribution < 1.29 is 22.7 Å². The Balaban J connectivity index is 1.71. The molecule has 0 fully saturated rings. The number of carbonyl (C=O) groups is 1. The summed E-state index contributed by atoms with van der Waals surface area (Å²) in [6.45, 7) is 0. The minimum atomic E-state index is -4.48. The van der Waals surface area contributed by atoms with Gasteiger partial charge in [0.2, 0.25) is 0 Å². The van der Waals surface area contributed by atoms with Gasteiger partial charge >= 0.3 is 6.18 Å². The first-order valence-electron chi connectivity index (χ1n) is 8.53. The van der Waals surface area contributed by atoms with E-state index in [0.717, 1.165) is 18.5 Å². The molecule has 3 aromatic rings. The minimum absolute atomic E-state index is 0.00458. The lowest BCUT2D eigenvalue weighted by Crippen LogP contribution is -2.30. The molecule has 0 spiro atoms. The van der Waals surface area contributed by atoms with E-state index in [4.69, 9.17) is 10.5 Å². The van der Waals surface area contributed by atoms with E-state index in [2.05, 4.69) is 26.1 Å². The molecule has 3 rings (SSSR count). The van der Waals surface area contributed by atoms with Crippen LogP contribution in [0.2, 0.25) is 0 Å². The van der Waals surface area contributed by atoms with Crippen LogP contribution >= 0.6 is 0 Å². The number of halogens is 3. The second-order valence-corrected chi connectivity index (χ2v) is 6.00. The quantitative estimate of drug-likeness (QED) is 0.453. The second kappa shape index (κ2) is 8.55. The fraction of sp³-hybridized carbons (Fsp3) is 0.105. The monoisotopic (exact) mass is 418 g/mol. The lowest BCUT2D eigenvalue weighted by atomic mass is 10.2. The van der Waals surface area contributed by atoms with Crippen molar-refractivity contribution in [2.24, 2.45) is 0 Å². The zero-order chi connectivity index (χ0) is 21.7. The highest BCUT2D eigenvalue weighted by molar-refractivity contribution is 5.95. The number of amides is 1. The zero-order valence-corrected chi connectivity index (χ0v) is 15.6. The number of carbonyl (C=O) groups excluding carboxylic acids is 1. The van der Waals surface area contributed by atoms with Crippen molar-refractivity contribution in [3.05, 3.63) is 66.0 Å². The first-order chi connectivity index (χ1) is 14.3. The fourth-order valence-electron chi connectivity index (χ4n) is 2.44. The van der Waals surface area contributed by atoms with Crippen LogP contribution in [-0.4, -0.2) is 23.0 Å². The molecule has 1 heterocycles. The van der Waals surface area contributed by atoms with E-state index in [-0.39, 0.29) is 23.0 Å². The molecule has 0 bridgehead atoms. The van der Waals surface area contributed by atoms with Gasteiger partial charge in [-0.15, -0.1) is 0 Å². The lowest BCUT2D eigenvalue weighted by Gasteiger charge is -2.14. The zero-order valence-electron chi connectivity index (χ0n) is 15.6. The van der Waals surface area contributed by atoms with E-state index in [1.54, 1.807) is 24.3 Å². The SMILES string of the molecule is COc1ccc(C(=O)NNc2ncnc(Nc3cccc(C(F)(F)F)c3)c2N)cc1. The van der Waals surface area contributed by atoms with Gasteiger partial charge in [-0.2, -0.15) is 13.2 Å². The average molecular weight is 418 g/mol. The normalized spacial score (nSPS) is 10.9. The van der Waals surface area contributed by atoms with Gasteiger partial charge in [0.15, 0.2) is 11.6 Å². The molecule has 2 aromatic carbocycles. The third-order valence-corrected chi connectivity index (χ3v) is 3.98. The van der Waals surface area contributed by atoms with E-state index < -0.39 is 17.6 Å². The summed E-state index contributed by atoms with van der Waals surface area (Å²) in [4.78, 5) is 20.1. The van der Waals surface area contributed by atoms with E-state index >= 15 is 0 Å². The van der Waals surface area contributed by atoms with Crippen LogP contribution in [0.25, 0.3) is 0 Å². The molecule has 30 heavy (non-hydrogen) atoms. The number of alkyl halides is 3. The summed E-state index contributed by atoms with van der Waals surface area (Å²) >= 11 is 0. The average Bonchev–Trinajstić information content (AvgIpc) is 2.74. The van der Waals surface area contributed by atoms with Crippen molar-refractivity contribution in [1.82, 2.24) is 15.4 Å². The molecule has 0 atom stereocenters. The van der Waals surface area contributed by atoms with Crippen LogP contribution < -0.4 is 26.6 Å². The maximum atomic E-state index is 12.9. The highest BCUT2D eigenvalue weighted by Crippen LogP contribution is 2.32. The summed E-state index contributed by atoms with van der Waals surface area (Å²) in [5, 5.41) is 2.71. The van der Waals surface area contributed by atoms with Crippen molar-refractivity contribution >= 4 is 28.9 Å². The molecule has 0 aliphatic heterocycles. The van der Waals surface area contributed by atoms with E-state index in [0.29, 0.717) is 11.3 Å². The number of nitrogens with one attached hydrogen (secondary N) is 3. The van der Waals surface area contributed by atoms with Crippen LogP contribution in [0, 0.1) is 0 Å². The standard InChI is InChI=1S/C19H17F3N6O2/c1-30-14-7-5-11(6-8-14)18(29)28-27-17-15(23)16(24-10-25-17)26-13-4-2-3-12(9-13)19(20,21)22/h2-10H,23H2,1H3,(H,28,29)(H2,24,25,26,27). The van der Waals surface area contributed by atoms with Crippen molar-refractivity contribution in [2.75, 3.05) is 23.6 Å². The minimum Gasteiger partial charge on any atom is -0.497 e. The summed E-state index contributed by atoms with van der Waals surface area (Å²) in [7, 11) is 1.51. The highest BCUT2D eigenvalue weighted by Gasteiger charge is 2.30. The summed E-state index contributed by atoms with van der Waals surface area (Å²) in [6, 6.07) is 11.0. The number of nitrogens with two attached hydrogens (primary N) is 1. The molecule has 0 aliphatic rings. The van der Waals surface area contributed by atoms with E-state index in [9.17, 15) is 18.0 Å². The van der Waals surface area contributed by atoms with Crippen LogP contribution in [0.15, 0.2) is 54.9 Å². The number of nitrogens with zero attached hydrogens (tertiary/aromatic N) is 2. The van der Waals surface area contributed by atoms with Crippen molar-refractivity contribution in [1.29, 1.82) is 0 Å². The van der Waals surface area contributed by atoms with Crippen LogP contribution in [-0.2, 0) is 6.18 Å². The molecule has 1 aromatic heterocycles. The summed E-state index contributed by atoms with van der Waals surface area (Å²) in [6.07, 6.45) is -3.33. The number of anilines is 4. The number of rotatable bonds is 6. The Morgan fingerprint density at radius 3 is 2.43 bits per heavy atom. The predicted molar refractivity (Wildman–Crippen MR) is 105 cm³/mol. The van der Waals surface area contributed by atoms with Crippen molar-refractivity contribution in [3.63, 3.8) is 0 Å². The van der Waals surface area contributed by atoms with Crippen molar-refractivity contribution in [3.8, 4) is 5.75 Å². The fourth-order valence-corrected chi connectivity index (χ4v) is 2.44. The first kappa shape index (κ1) is 20.7. The van der Waals surface area contributed by atoms with Gasteiger partial charge in [0.05, 0.1) is 12.7 Å². The number of aromatic nitrogens is 2. The van der Waals surface area contributed by atoms with Gasteiger partial charge in [-0.05, 0) is 42.5 Å². The molecule has 1 amide bonds. The molecule has 0 radical (unpaired) electrons. The number of methoxy groups -OCH3 is 1. The Kier molecular flexibility index (Phi) is 5.90. The van der Waals surface area contributed by atoms with Gasteiger partial charge < -0.3 is 15.8 Å². The topological polar surface area (TPSA) is 114 Å². The Morgan fingerprint density at radius 1 is 1.07 bits per heavy atom. The summed E-state index contributed by atoms with van der Waals surface area (Å²) < 4.78 is 43.7. The molecule has 5 N–H and O–H groups in total. The molecule has 0 saturated carbocycles. The first-order valence-corrected chi connectivity index (χ1v) is 8.53. The molecule has 11 heteroatoms. The number of ether oxygens (including phenoxy) is 1. The molecular weight excluding hydrogens is 401 g/mol. The molecule has 0 unspecified atom stereocenters. The molecule has 0 saturated heterocycles. The van der Waals surface area contributed by atoms with Gasteiger partial charge in [-0.25, -0.2) is 9.97 Å². The number of hydrogen-bond donors (Lipinski definition) is 4. The maximum Gasteiger partial charge on any atom is 0.416 e. The predicted octanol–water partition coefficient (Wildman–Crippen LogP) is 3.59.